The van der Waals surface area contributed by atoms with Gasteiger partial charge in [0.1, 0.15) is 5.82 Å². The van der Waals surface area contributed by atoms with Crippen molar-refractivity contribution in [2.45, 2.75) is 19.4 Å². The van der Waals surface area contributed by atoms with E-state index in [1.54, 1.807) is 17.0 Å². The maximum Gasteiger partial charge on any atom is 0.227 e. The Morgan fingerprint density at radius 2 is 2.37 bits per heavy atom. The summed E-state index contributed by atoms with van der Waals surface area (Å²) in [5, 5.41) is 0. The van der Waals surface area contributed by atoms with E-state index in [0.29, 0.717) is 30.8 Å². The number of hydrogen-bond acceptors (Lipinski definition) is 2. The summed E-state index contributed by atoms with van der Waals surface area (Å²) < 4.78 is 18.8. The zero-order valence-electron chi connectivity index (χ0n) is 11.1. The highest BCUT2D eigenvalue weighted by Gasteiger charge is 2.21. The lowest BCUT2D eigenvalue weighted by Gasteiger charge is -2.31. The smallest absolute Gasteiger partial charge is 0.227 e. The van der Waals surface area contributed by atoms with E-state index < -0.39 is 0 Å². The van der Waals surface area contributed by atoms with E-state index in [9.17, 15) is 9.18 Å². The van der Waals surface area contributed by atoms with Crippen molar-refractivity contribution in [2.24, 2.45) is 0 Å². The van der Waals surface area contributed by atoms with E-state index in [4.69, 9.17) is 4.74 Å². The lowest BCUT2D eigenvalue weighted by Crippen LogP contribution is -2.45. The minimum atomic E-state index is -0.337. The molecular weight excluding hydrogens is 245 g/mol. The molecule has 2 rings (SSSR count). The summed E-state index contributed by atoms with van der Waals surface area (Å²) in [6.07, 6.45) is 1.85. The van der Waals surface area contributed by atoms with Gasteiger partial charge in [-0.3, -0.25) is 4.79 Å². The number of ether oxygens (including phenoxy) is 1. The van der Waals surface area contributed by atoms with E-state index in [0.717, 1.165) is 0 Å². The Kier molecular flexibility index (Phi) is 4.32. The molecule has 0 bridgehead atoms. The van der Waals surface area contributed by atoms with Gasteiger partial charge in [0.05, 0.1) is 19.1 Å². The lowest BCUT2D eigenvalue weighted by atomic mass is 10.1. The fourth-order valence-electron chi connectivity index (χ4n) is 2.23. The first-order chi connectivity index (χ1) is 9.08. The lowest BCUT2D eigenvalue weighted by molar-refractivity contribution is -0.137. The van der Waals surface area contributed by atoms with Gasteiger partial charge in [-0.05, 0) is 30.2 Å². The first-order valence-corrected chi connectivity index (χ1v) is 6.40. The Balaban J connectivity index is 2.05. The third kappa shape index (κ3) is 3.64. The highest BCUT2D eigenvalue weighted by Crippen LogP contribution is 2.13. The predicted molar refractivity (Wildman–Crippen MR) is 72.2 cm³/mol. The van der Waals surface area contributed by atoms with Crippen LogP contribution in [-0.2, 0) is 16.0 Å². The van der Waals surface area contributed by atoms with Gasteiger partial charge in [-0.15, -0.1) is 0 Å². The van der Waals surface area contributed by atoms with Crippen molar-refractivity contribution in [1.82, 2.24) is 4.90 Å². The van der Waals surface area contributed by atoms with Crippen LogP contribution in [0.1, 0.15) is 18.1 Å². The van der Waals surface area contributed by atoms with Gasteiger partial charge in [-0.1, -0.05) is 18.7 Å². The molecule has 1 amide bonds. The summed E-state index contributed by atoms with van der Waals surface area (Å²) >= 11 is 0. The second-order valence-corrected chi connectivity index (χ2v) is 4.79. The fraction of sp³-hybridized carbons (Fsp3) is 0.400. The first-order valence-electron chi connectivity index (χ1n) is 6.40. The number of halogens is 1. The van der Waals surface area contributed by atoms with E-state index in [1.807, 2.05) is 6.92 Å². The Morgan fingerprint density at radius 3 is 3.05 bits per heavy atom. The molecule has 1 aromatic carbocycles. The van der Waals surface area contributed by atoms with E-state index in [1.165, 1.54) is 12.1 Å². The van der Waals surface area contributed by atoms with Crippen molar-refractivity contribution >= 4 is 12.0 Å². The van der Waals surface area contributed by atoms with Gasteiger partial charge in [-0.2, -0.15) is 0 Å². The Hall–Kier alpha value is -1.68. The zero-order valence-corrected chi connectivity index (χ0v) is 11.1. The number of nitrogens with zero attached hydrogens (tertiary/aromatic N) is 1. The number of morpholine rings is 1. The SMILES string of the molecule is C=Cc1cc(F)cc(CC(=O)N2CCOC(C)C2)c1. The van der Waals surface area contributed by atoms with E-state index in [2.05, 4.69) is 6.58 Å². The molecule has 1 fully saturated rings. The van der Waals surface area contributed by atoms with Crippen molar-refractivity contribution in [3.63, 3.8) is 0 Å². The molecule has 4 heteroatoms. The summed E-state index contributed by atoms with van der Waals surface area (Å²) in [7, 11) is 0. The molecule has 0 saturated carbocycles. The van der Waals surface area contributed by atoms with Crippen LogP contribution in [0.5, 0.6) is 0 Å². The summed E-state index contributed by atoms with van der Waals surface area (Å²) in [6.45, 7) is 7.32. The number of amides is 1. The topological polar surface area (TPSA) is 29.5 Å². The van der Waals surface area contributed by atoms with E-state index in [-0.39, 0.29) is 24.2 Å². The van der Waals surface area contributed by atoms with Gasteiger partial charge < -0.3 is 9.64 Å². The third-order valence-electron chi connectivity index (χ3n) is 3.16. The molecule has 0 aliphatic carbocycles. The Bertz CT molecular complexity index is 487. The monoisotopic (exact) mass is 263 g/mol. The van der Waals surface area contributed by atoms with Gasteiger partial charge in [-0.25, -0.2) is 4.39 Å². The van der Waals surface area contributed by atoms with Crippen LogP contribution in [-0.4, -0.2) is 36.6 Å². The fourth-order valence-corrected chi connectivity index (χ4v) is 2.23. The van der Waals surface area contributed by atoms with Gasteiger partial charge >= 0.3 is 0 Å². The largest absolute Gasteiger partial charge is 0.375 e. The zero-order chi connectivity index (χ0) is 13.8. The van der Waals surface area contributed by atoms with Crippen LogP contribution in [0.3, 0.4) is 0 Å². The normalized spacial score (nSPS) is 19.3. The summed E-state index contributed by atoms with van der Waals surface area (Å²) in [6, 6.07) is 4.59. The summed E-state index contributed by atoms with van der Waals surface area (Å²) in [5.41, 5.74) is 1.37. The average Bonchev–Trinajstić information content (AvgIpc) is 2.38. The molecule has 1 saturated heterocycles. The molecule has 0 N–H and O–H groups in total. The molecule has 0 spiro atoms. The molecule has 3 nitrogen and oxygen atoms in total. The number of carbonyl (C=O) groups excluding carboxylic acids is 1. The Morgan fingerprint density at radius 1 is 1.58 bits per heavy atom. The minimum Gasteiger partial charge on any atom is -0.375 e. The number of rotatable bonds is 3. The maximum absolute atomic E-state index is 13.4. The van der Waals surface area contributed by atoms with Crippen LogP contribution >= 0.6 is 0 Å². The van der Waals surface area contributed by atoms with Crippen LogP contribution in [0, 0.1) is 5.82 Å². The molecule has 1 unspecified atom stereocenters. The van der Waals surface area contributed by atoms with Gasteiger partial charge in [0.15, 0.2) is 0 Å². The number of benzene rings is 1. The minimum absolute atomic E-state index is 0.00997. The first kappa shape index (κ1) is 13.7. The second-order valence-electron chi connectivity index (χ2n) is 4.79. The molecule has 1 heterocycles. The quantitative estimate of drug-likeness (QED) is 0.837. The van der Waals surface area contributed by atoms with Crippen LogP contribution < -0.4 is 0 Å². The van der Waals surface area contributed by atoms with Crippen molar-refractivity contribution in [2.75, 3.05) is 19.7 Å². The molecule has 1 aliphatic heterocycles. The molecule has 102 valence electrons. The maximum atomic E-state index is 13.4. The summed E-state index contributed by atoms with van der Waals surface area (Å²) in [4.78, 5) is 13.9. The van der Waals surface area contributed by atoms with Crippen molar-refractivity contribution in [3.8, 4) is 0 Å². The Labute approximate surface area is 112 Å². The third-order valence-corrected chi connectivity index (χ3v) is 3.16. The molecule has 1 aliphatic rings. The van der Waals surface area contributed by atoms with Crippen LogP contribution in [0.4, 0.5) is 4.39 Å². The van der Waals surface area contributed by atoms with Gasteiger partial charge in [0.2, 0.25) is 5.91 Å². The van der Waals surface area contributed by atoms with Gasteiger partial charge in [0.25, 0.3) is 0 Å². The highest BCUT2D eigenvalue weighted by atomic mass is 19.1. The summed E-state index contributed by atoms with van der Waals surface area (Å²) in [5.74, 6) is -0.327. The van der Waals surface area contributed by atoms with E-state index >= 15 is 0 Å². The van der Waals surface area contributed by atoms with Gasteiger partial charge in [0, 0.05) is 13.1 Å². The molecule has 1 atom stereocenters. The number of hydrogen-bond donors (Lipinski definition) is 0. The highest BCUT2D eigenvalue weighted by molar-refractivity contribution is 5.79. The van der Waals surface area contributed by atoms with Crippen LogP contribution in [0.25, 0.3) is 6.08 Å². The van der Waals surface area contributed by atoms with Crippen molar-refractivity contribution < 1.29 is 13.9 Å². The molecule has 0 aromatic heterocycles. The second kappa shape index (κ2) is 5.97. The molecule has 0 radical (unpaired) electrons. The van der Waals surface area contributed by atoms with Crippen LogP contribution in [0.15, 0.2) is 24.8 Å². The van der Waals surface area contributed by atoms with Crippen molar-refractivity contribution in [3.05, 3.63) is 41.7 Å². The molecule has 1 aromatic rings. The van der Waals surface area contributed by atoms with Crippen LogP contribution in [0.2, 0.25) is 0 Å². The number of carbonyl (C=O) groups is 1. The molecule has 19 heavy (non-hydrogen) atoms. The standard InChI is InChI=1S/C15H18FNO2/c1-3-12-6-13(8-14(16)7-12)9-15(18)17-4-5-19-11(2)10-17/h3,6-8,11H,1,4-5,9-10H2,2H3. The van der Waals surface area contributed by atoms with Crippen molar-refractivity contribution in [1.29, 1.82) is 0 Å². The predicted octanol–water partition coefficient (Wildman–Crippen LogP) is 2.26. The molecular formula is C15H18FNO2. The average molecular weight is 263 g/mol.